The average molecular weight is 284 g/mol. The Morgan fingerprint density at radius 3 is 2.60 bits per heavy atom. The van der Waals surface area contributed by atoms with E-state index in [0.29, 0.717) is 13.2 Å². The fourth-order valence-corrected chi connectivity index (χ4v) is 2.40. The van der Waals surface area contributed by atoms with Crippen LogP contribution in [0.2, 0.25) is 0 Å². The molecule has 0 aromatic carbocycles. The Kier molecular flexibility index (Phi) is 4.86. The molecule has 6 heteroatoms. The molecule has 0 unspecified atom stereocenters. The Balaban J connectivity index is 1.67. The van der Waals surface area contributed by atoms with Gasteiger partial charge < -0.3 is 20.1 Å². The maximum absolute atomic E-state index is 12.0. The third kappa shape index (κ3) is 4.37. The van der Waals surface area contributed by atoms with Gasteiger partial charge in [-0.05, 0) is 38.0 Å². The van der Waals surface area contributed by atoms with Crippen molar-refractivity contribution in [2.45, 2.75) is 44.1 Å². The van der Waals surface area contributed by atoms with E-state index in [9.17, 15) is 9.59 Å². The molecule has 0 saturated heterocycles. The van der Waals surface area contributed by atoms with Gasteiger partial charge in [-0.25, -0.2) is 4.79 Å². The molecule has 2 rings (SSSR count). The summed E-state index contributed by atoms with van der Waals surface area (Å²) in [6, 6.07) is -0.207. The Hall–Kier alpha value is -1.30. The van der Waals surface area contributed by atoms with Crippen molar-refractivity contribution < 1.29 is 19.4 Å². The number of nitrogens with zero attached hydrogens (tertiary/aromatic N) is 1. The van der Waals surface area contributed by atoms with E-state index in [2.05, 4.69) is 5.32 Å². The molecule has 2 amide bonds. The van der Waals surface area contributed by atoms with Crippen molar-refractivity contribution in [3.63, 3.8) is 0 Å². The highest BCUT2D eigenvalue weighted by Gasteiger charge is 2.40. The number of urea groups is 1. The summed E-state index contributed by atoms with van der Waals surface area (Å²) in [7, 11) is 1.71. The number of likely N-dealkylation sites (N-methyl/N-ethyl adjacent to an activating group) is 1. The molecule has 0 heterocycles. The first-order chi connectivity index (χ1) is 9.51. The Labute approximate surface area is 119 Å². The number of rotatable bonds is 8. The van der Waals surface area contributed by atoms with Gasteiger partial charge in [-0.15, -0.1) is 0 Å². The predicted molar refractivity (Wildman–Crippen MR) is 73.5 cm³/mol. The quantitative estimate of drug-likeness (QED) is 0.661. The number of carboxylic acid groups (broad SMARTS) is 1. The predicted octanol–water partition coefficient (Wildman–Crippen LogP) is 1.45. The highest BCUT2D eigenvalue weighted by atomic mass is 16.5. The van der Waals surface area contributed by atoms with Crippen LogP contribution in [-0.4, -0.2) is 54.4 Å². The Morgan fingerprint density at radius 1 is 1.40 bits per heavy atom. The van der Waals surface area contributed by atoms with Gasteiger partial charge in [-0.2, -0.15) is 0 Å². The highest BCUT2D eigenvalue weighted by molar-refractivity contribution is 5.77. The van der Waals surface area contributed by atoms with Crippen LogP contribution in [-0.2, 0) is 9.53 Å². The minimum absolute atomic E-state index is 0.00472. The largest absolute Gasteiger partial charge is 0.481 e. The van der Waals surface area contributed by atoms with E-state index in [-0.39, 0.29) is 12.5 Å². The third-order valence-corrected chi connectivity index (χ3v) is 4.14. The zero-order chi connectivity index (χ0) is 14.6. The van der Waals surface area contributed by atoms with Crippen LogP contribution >= 0.6 is 0 Å². The van der Waals surface area contributed by atoms with Crippen LogP contribution in [0.3, 0.4) is 0 Å². The lowest BCUT2D eigenvalue weighted by atomic mass is 9.74. The van der Waals surface area contributed by atoms with Crippen molar-refractivity contribution in [2.24, 2.45) is 5.92 Å². The second-order valence-corrected chi connectivity index (χ2v) is 6.07. The highest BCUT2D eigenvalue weighted by Crippen LogP contribution is 2.35. The van der Waals surface area contributed by atoms with E-state index in [1.165, 1.54) is 12.8 Å². The van der Waals surface area contributed by atoms with Crippen molar-refractivity contribution in [1.29, 1.82) is 0 Å². The summed E-state index contributed by atoms with van der Waals surface area (Å²) in [5, 5.41) is 11.8. The normalized spacial score (nSPS) is 20.1. The smallest absolute Gasteiger partial charge is 0.317 e. The summed E-state index contributed by atoms with van der Waals surface area (Å²) < 4.78 is 5.50. The minimum atomic E-state index is -0.861. The van der Waals surface area contributed by atoms with Gasteiger partial charge in [0.2, 0.25) is 0 Å². The number of nitrogens with one attached hydrogen (secondary N) is 1. The zero-order valence-corrected chi connectivity index (χ0v) is 12.1. The molecule has 0 atom stereocenters. The molecule has 0 aromatic heterocycles. The molecule has 6 nitrogen and oxygen atoms in total. The molecular weight excluding hydrogens is 260 g/mol. The van der Waals surface area contributed by atoms with E-state index in [1.54, 1.807) is 11.9 Å². The third-order valence-electron chi connectivity index (χ3n) is 4.14. The summed E-state index contributed by atoms with van der Waals surface area (Å²) in [5.74, 6) is -0.136. The van der Waals surface area contributed by atoms with Gasteiger partial charge in [-0.3, -0.25) is 4.79 Å². The molecule has 0 spiro atoms. The minimum Gasteiger partial charge on any atom is -0.481 e. The van der Waals surface area contributed by atoms with Gasteiger partial charge >= 0.3 is 12.0 Å². The lowest BCUT2D eigenvalue weighted by Crippen LogP contribution is -2.57. The van der Waals surface area contributed by atoms with Gasteiger partial charge in [0, 0.05) is 20.2 Å². The van der Waals surface area contributed by atoms with Crippen LogP contribution in [0.1, 0.15) is 38.5 Å². The first-order valence-corrected chi connectivity index (χ1v) is 7.34. The van der Waals surface area contributed by atoms with Gasteiger partial charge in [-0.1, -0.05) is 0 Å². The van der Waals surface area contributed by atoms with E-state index in [1.807, 2.05) is 0 Å². The van der Waals surface area contributed by atoms with Crippen LogP contribution in [0, 0.1) is 5.92 Å². The molecule has 2 aliphatic carbocycles. The first-order valence-electron chi connectivity index (χ1n) is 7.34. The van der Waals surface area contributed by atoms with Crippen molar-refractivity contribution in [2.75, 3.05) is 26.8 Å². The van der Waals surface area contributed by atoms with E-state index >= 15 is 0 Å². The first kappa shape index (κ1) is 15.1. The van der Waals surface area contributed by atoms with E-state index in [4.69, 9.17) is 9.84 Å². The standard InChI is InChI=1S/C14H24N2O4/c1-16(7-8-20-10-11-3-4-11)13(19)15-14(5-2-6-14)9-12(17)18/h11H,2-10H2,1H3,(H,15,19)(H,17,18). The Bertz CT molecular complexity index is 364. The molecule has 20 heavy (non-hydrogen) atoms. The molecule has 2 N–H and O–H groups in total. The number of hydrogen-bond donors (Lipinski definition) is 2. The van der Waals surface area contributed by atoms with Crippen LogP contribution in [0.25, 0.3) is 0 Å². The summed E-state index contributed by atoms with van der Waals surface area (Å²) in [4.78, 5) is 24.5. The molecule has 0 bridgehead atoms. The maximum atomic E-state index is 12.0. The number of carboxylic acids is 1. The molecule has 114 valence electrons. The van der Waals surface area contributed by atoms with Crippen LogP contribution < -0.4 is 5.32 Å². The van der Waals surface area contributed by atoms with Crippen LogP contribution in [0.5, 0.6) is 0 Å². The lowest BCUT2D eigenvalue weighted by molar-refractivity contribution is -0.139. The van der Waals surface area contributed by atoms with E-state index < -0.39 is 11.5 Å². The topological polar surface area (TPSA) is 78.9 Å². The number of hydrogen-bond acceptors (Lipinski definition) is 3. The number of aliphatic carboxylic acids is 1. The summed E-state index contributed by atoms with van der Waals surface area (Å²) in [6.45, 7) is 1.85. The van der Waals surface area contributed by atoms with Crippen LogP contribution in [0.4, 0.5) is 4.79 Å². The summed E-state index contributed by atoms with van der Waals surface area (Å²) >= 11 is 0. The summed E-state index contributed by atoms with van der Waals surface area (Å²) in [5.41, 5.74) is -0.536. The maximum Gasteiger partial charge on any atom is 0.317 e. The molecule has 0 radical (unpaired) electrons. The molecular formula is C14H24N2O4. The number of carbonyl (C=O) groups is 2. The van der Waals surface area contributed by atoms with Gasteiger partial charge in [0.25, 0.3) is 0 Å². The molecule has 2 aliphatic rings. The molecule has 2 fully saturated rings. The van der Waals surface area contributed by atoms with Gasteiger partial charge in [0.15, 0.2) is 0 Å². The number of amides is 2. The SMILES string of the molecule is CN(CCOCC1CC1)C(=O)NC1(CC(=O)O)CCC1. The lowest BCUT2D eigenvalue weighted by Gasteiger charge is -2.42. The Morgan fingerprint density at radius 2 is 2.10 bits per heavy atom. The second kappa shape index (κ2) is 6.43. The van der Waals surface area contributed by atoms with Crippen LogP contribution in [0.15, 0.2) is 0 Å². The molecule has 0 aromatic rings. The molecule has 2 saturated carbocycles. The fourth-order valence-electron chi connectivity index (χ4n) is 2.40. The van der Waals surface area contributed by atoms with Crippen molar-refractivity contribution in [3.05, 3.63) is 0 Å². The van der Waals surface area contributed by atoms with Gasteiger partial charge in [0.05, 0.1) is 18.6 Å². The zero-order valence-electron chi connectivity index (χ0n) is 12.1. The van der Waals surface area contributed by atoms with Crippen molar-refractivity contribution >= 4 is 12.0 Å². The van der Waals surface area contributed by atoms with Crippen molar-refractivity contribution in [1.82, 2.24) is 10.2 Å². The second-order valence-electron chi connectivity index (χ2n) is 6.07. The average Bonchev–Trinajstić information content (AvgIpc) is 3.14. The summed E-state index contributed by atoms with van der Waals surface area (Å²) in [6.07, 6.45) is 4.99. The fraction of sp³-hybridized carbons (Fsp3) is 0.857. The van der Waals surface area contributed by atoms with E-state index in [0.717, 1.165) is 31.8 Å². The number of carbonyl (C=O) groups excluding carboxylic acids is 1. The monoisotopic (exact) mass is 284 g/mol. The number of ether oxygens (including phenoxy) is 1. The molecule has 0 aliphatic heterocycles. The van der Waals surface area contributed by atoms with Gasteiger partial charge in [0.1, 0.15) is 0 Å². The van der Waals surface area contributed by atoms with Crippen molar-refractivity contribution in [3.8, 4) is 0 Å².